The molecule has 0 unspecified atom stereocenters. The maximum atomic E-state index is 5.72. The molecule has 1 aromatic carbocycles. The first-order valence-electron chi connectivity index (χ1n) is 6.02. The molecular weight excluding hydrogens is 236 g/mol. The Bertz CT molecular complexity index is 603. The summed E-state index contributed by atoms with van der Waals surface area (Å²) in [4.78, 5) is 8.37. The van der Waals surface area contributed by atoms with Gasteiger partial charge in [-0.1, -0.05) is 30.3 Å². The smallest absolute Gasteiger partial charge is 0.221 e. The molecule has 1 aromatic heterocycles. The van der Waals surface area contributed by atoms with Crippen molar-refractivity contribution in [3.05, 3.63) is 72.1 Å². The van der Waals surface area contributed by atoms with Gasteiger partial charge in [0.25, 0.3) is 0 Å². The van der Waals surface area contributed by atoms with E-state index < -0.39 is 0 Å². The number of aryl methyl sites for hydroxylation is 1. The molecule has 0 amide bonds. The zero-order chi connectivity index (χ0) is 13.7. The number of benzene rings is 1. The van der Waals surface area contributed by atoms with Crippen LogP contribution in [0.15, 0.2) is 60.2 Å². The largest absolute Gasteiger partial charge is 0.437 e. The molecule has 1 heterocycles. The van der Waals surface area contributed by atoms with E-state index in [1.807, 2.05) is 49.4 Å². The number of rotatable bonds is 3. The molecular formula is C16H16N2O. The van der Waals surface area contributed by atoms with Crippen LogP contribution < -0.4 is 0 Å². The Hall–Kier alpha value is -2.42. The molecule has 0 aliphatic heterocycles. The Morgan fingerprint density at radius 2 is 2.05 bits per heavy atom. The van der Waals surface area contributed by atoms with Crippen LogP contribution in [0.4, 0.5) is 0 Å². The standard InChI is InChI=1S/C16H16N2O/c1-12-7-6-8-14(11-12)16(17-3)19-13(2)15-9-4-5-10-18-15/h4-11H,2H2,1,3H3. The minimum atomic E-state index is 0.489. The van der Waals surface area contributed by atoms with Crippen LogP contribution in [0.3, 0.4) is 0 Å². The van der Waals surface area contributed by atoms with Gasteiger partial charge in [-0.15, -0.1) is 0 Å². The fourth-order valence-electron chi connectivity index (χ4n) is 1.71. The van der Waals surface area contributed by atoms with E-state index in [4.69, 9.17) is 4.74 Å². The van der Waals surface area contributed by atoms with Crippen LogP contribution in [0, 0.1) is 6.92 Å². The third-order valence-electron chi connectivity index (χ3n) is 2.64. The van der Waals surface area contributed by atoms with Gasteiger partial charge in [0.1, 0.15) is 11.5 Å². The molecule has 3 nitrogen and oxygen atoms in total. The monoisotopic (exact) mass is 252 g/mol. The molecule has 0 atom stereocenters. The summed E-state index contributed by atoms with van der Waals surface area (Å²) in [7, 11) is 1.70. The number of hydrogen-bond acceptors (Lipinski definition) is 3. The summed E-state index contributed by atoms with van der Waals surface area (Å²) in [5.74, 6) is 1.03. The molecule has 0 aliphatic carbocycles. The van der Waals surface area contributed by atoms with Crippen LogP contribution in [0.2, 0.25) is 0 Å². The van der Waals surface area contributed by atoms with Crippen LogP contribution in [0.25, 0.3) is 5.76 Å². The zero-order valence-corrected chi connectivity index (χ0v) is 11.1. The summed E-state index contributed by atoms with van der Waals surface area (Å²) < 4.78 is 5.72. The molecule has 2 aromatic rings. The minimum Gasteiger partial charge on any atom is -0.437 e. The molecule has 0 radical (unpaired) electrons. The van der Waals surface area contributed by atoms with E-state index in [1.54, 1.807) is 13.2 Å². The highest BCUT2D eigenvalue weighted by Gasteiger charge is 2.08. The Morgan fingerprint density at radius 3 is 2.68 bits per heavy atom. The maximum absolute atomic E-state index is 5.72. The lowest BCUT2D eigenvalue weighted by Crippen LogP contribution is -2.06. The Labute approximate surface area is 113 Å². The first-order chi connectivity index (χ1) is 9.20. The molecule has 19 heavy (non-hydrogen) atoms. The summed E-state index contributed by atoms with van der Waals surface area (Å²) >= 11 is 0. The molecule has 0 bridgehead atoms. The zero-order valence-electron chi connectivity index (χ0n) is 11.1. The second-order valence-corrected chi connectivity index (χ2v) is 4.14. The number of nitrogens with zero attached hydrogens (tertiary/aromatic N) is 2. The Kier molecular flexibility index (Phi) is 4.08. The van der Waals surface area contributed by atoms with Crippen molar-refractivity contribution in [1.29, 1.82) is 0 Å². The lowest BCUT2D eigenvalue weighted by Gasteiger charge is -2.10. The molecule has 0 fully saturated rings. The third-order valence-corrected chi connectivity index (χ3v) is 2.64. The fourth-order valence-corrected chi connectivity index (χ4v) is 1.71. The quantitative estimate of drug-likeness (QED) is 0.476. The Balaban J connectivity index is 2.19. The van der Waals surface area contributed by atoms with E-state index in [0.29, 0.717) is 17.4 Å². The van der Waals surface area contributed by atoms with Gasteiger partial charge in [0.15, 0.2) is 0 Å². The summed E-state index contributed by atoms with van der Waals surface area (Å²) in [6.07, 6.45) is 1.71. The molecule has 0 aliphatic rings. The van der Waals surface area contributed by atoms with Gasteiger partial charge in [-0.05, 0) is 31.2 Å². The number of ether oxygens (including phenoxy) is 1. The predicted molar refractivity (Wildman–Crippen MR) is 78.0 cm³/mol. The van der Waals surface area contributed by atoms with Gasteiger partial charge in [0, 0.05) is 18.8 Å². The first-order valence-corrected chi connectivity index (χ1v) is 6.02. The van der Waals surface area contributed by atoms with E-state index in [-0.39, 0.29) is 0 Å². The molecule has 0 saturated heterocycles. The number of hydrogen-bond donors (Lipinski definition) is 0. The topological polar surface area (TPSA) is 34.5 Å². The lowest BCUT2D eigenvalue weighted by molar-refractivity contribution is 0.506. The van der Waals surface area contributed by atoms with Gasteiger partial charge in [0.2, 0.25) is 5.90 Å². The second-order valence-electron chi connectivity index (χ2n) is 4.14. The van der Waals surface area contributed by atoms with E-state index in [2.05, 4.69) is 16.6 Å². The lowest BCUT2D eigenvalue weighted by atomic mass is 10.1. The fraction of sp³-hybridized carbons (Fsp3) is 0.125. The highest BCUT2D eigenvalue weighted by molar-refractivity contribution is 5.97. The van der Waals surface area contributed by atoms with Crippen LogP contribution >= 0.6 is 0 Å². The highest BCUT2D eigenvalue weighted by atomic mass is 16.5. The number of aliphatic imine (C=N–C) groups is 1. The van der Waals surface area contributed by atoms with E-state index in [9.17, 15) is 0 Å². The predicted octanol–water partition coefficient (Wildman–Crippen LogP) is 3.45. The number of pyridine rings is 1. The van der Waals surface area contributed by atoms with Crippen molar-refractivity contribution in [3.63, 3.8) is 0 Å². The van der Waals surface area contributed by atoms with Gasteiger partial charge in [0.05, 0.1) is 0 Å². The molecule has 0 N–H and O–H groups in total. The summed E-state index contributed by atoms with van der Waals surface area (Å²) in [6, 6.07) is 13.6. The van der Waals surface area contributed by atoms with Crippen LogP contribution in [0.1, 0.15) is 16.8 Å². The normalized spacial score (nSPS) is 11.2. The van der Waals surface area contributed by atoms with Gasteiger partial charge in [-0.2, -0.15) is 0 Å². The summed E-state index contributed by atoms with van der Waals surface area (Å²) in [5.41, 5.74) is 2.79. The molecule has 0 saturated carbocycles. The molecule has 3 heteroatoms. The van der Waals surface area contributed by atoms with Crippen molar-refractivity contribution in [2.75, 3.05) is 7.05 Å². The van der Waals surface area contributed by atoms with E-state index in [1.165, 1.54) is 0 Å². The van der Waals surface area contributed by atoms with Crippen molar-refractivity contribution < 1.29 is 4.74 Å². The van der Waals surface area contributed by atoms with Crippen LogP contribution in [-0.2, 0) is 4.74 Å². The van der Waals surface area contributed by atoms with E-state index in [0.717, 1.165) is 11.1 Å². The van der Waals surface area contributed by atoms with Gasteiger partial charge < -0.3 is 4.74 Å². The molecule has 0 spiro atoms. The van der Waals surface area contributed by atoms with Gasteiger partial charge >= 0.3 is 0 Å². The van der Waals surface area contributed by atoms with Crippen LogP contribution in [0.5, 0.6) is 0 Å². The Morgan fingerprint density at radius 1 is 1.21 bits per heavy atom. The summed E-state index contributed by atoms with van der Waals surface area (Å²) in [5, 5.41) is 0. The highest BCUT2D eigenvalue weighted by Crippen LogP contribution is 2.15. The van der Waals surface area contributed by atoms with Crippen molar-refractivity contribution in [1.82, 2.24) is 4.98 Å². The van der Waals surface area contributed by atoms with Crippen molar-refractivity contribution in [3.8, 4) is 0 Å². The number of aromatic nitrogens is 1. The average molecular weight is 252 g/mol. The van der Waals surface area contributed by atoms with Gasteiger partial charge in [-0.25, -0.2) is 0 Å². The minimum absolute atomic E-state index is 0.489. The van der Waals surface area contributed by atoms with Crippen LogP contribution in [-0.4, -0.2) is 17.9 Å². The van der Waals surface area contributed by atoms with Crippen molar-refractivity contribution in [2.24, 2.45) is 4.99 Å². The molecule has 2 rings (SSSR count). The second kappa shape index (κ2) is 5.96. The third kappa shape index (κ3) is 3.28. The molecule has 96 valence electrons. The van der Waals surface area contributed by atoms with Crippen molar-refractivity contribution in [2.45, 2.75) is 6.92 Å². The van der Waals surface area contributed by atoms with Gasteiger partial charge in [-0.3, -0.25) is 9.98 Å². The SMILES string of the molecule is C=C(OC(=NC)c1cccc(C)c1)c1ccccn1. The maximum Gasteiger partial charge on any atom is 0.221 e. The average Bonchev–Trinajstić information content (AvgIpc) is 2.45. The first kappa shape index (κ1) is 13.0. The summed E-state index contributed by atoms with van der Waals surface area (Å²) in [6.45, 7) is 5.93. The van der Waals surface area contributed by atoms with E-state index >= 15 is 0 Å². The van der Waals surface area contributed by atoms with Crippen molar-refractivity contribution >= 4 is 11.7 Å².